The minimum atomic E-state index is 0.830. The average molecular weight is 613 g/mol. The maximum Gasteiger partial charge on any atom is 0.136 e. The predicted octanol–water partition coefficient (Wildman–Crippen LogP) is 12.2. The molecule has 0 saturated heterocycles. The molecule has 8 aromatic carbocycles. The molecule has 0 bridgehead atoms. The number of benzene rings is 8. The summed E-state index contributed by atoms with van der Waals surface area (Å²) >= 11 is 0. The molecule has 0 atom stereocenters. The number of fused-ring (bicyclic) bond motifs is 13. The quantitative estimate of drug-likeness (QED) is 0.182. The van der Waals surface area contributed by atoms with Gasteiger partial charge < -0.3 is 8.83 Å². The summed E-state index contributed by atoms with van der Waals surface area (Å²) in [5, 5.41) is 11.7. The van der Waals surface area contributed by atoms with Crippen molar-refractivity contribution in [2.75, 3.05) is 0 Å². The Kier molecular flexibility index (Phi) is 5.08. The van der Waals surface area contributed by atoms with Crippen molar-refractivity contribution in [3.8, 4) is 22.5 Å². The van der Waals surface area contributed by atoms with Crippen LogP contribution in [-0.2, 0) is 0 Å². The van der Waals surface area contributed by atoms with Gasteiger partial charge in [-0.25, -0.2) is 9.97 Å². The third-order valence-corrected chi connectivity index (χ3v) is 9.83. The van der Waals surface area contributed by atoms with Gasteiger partial charge in [0.15, 0.2) is 0 Å². The Morgan fingerprint density at radius 2 is 0.875 bits per heavy atom. The Hall–Kier alpha value is -6.52. The van der Waals surface area contributed by atoms with Gasteiger partial charge >= 0.3 is 0 Å². The maximum absolute atomic E-state index is 6.27. The van der Waals surface area contributed by atoms with E-state index in [0.717, 1.165) is 82.8 Å². The lowest BCUT2D eigenvalue weighted by Gasteiger charge is -2.13. The lowest BCUT2D eigenvalue weighted by Crippen LogP contribution is -1.95. The van der Waals surface area contributed by atoms with Gasteiger partial charge in [-0.2, -0.15) is 0 Å². The van der Waals surface area contributed by atoms with E-state index in [-0.39, 0.29) is 0 Å². The van der Waals surface area contributed by atoms with Crippen molar-refractivity contribution in [3.05, 3.63) is 146 Å². The third-order valence-electron chi connectivity index (χ3n) is 9.83. The van der Waals surface area contributed by atoms with Crippen molar-refractivity contribution in [3.63, 3.8) is 0 Å². The lowest BCUT2D eigenvalue weighted by molar-refractivity contribution is 0.668. The van der Waals surface area contributed by atoms with E-state index in [0.29, 0.717) is 0 Å². The zero-order valence-corrected chi connectivity index (χ0v) is 25.6. The molecule has 4 nitrogen and oxygen atoms in total. The van der Waals surface area contributed by atoms with E-state index in [1.165, 1.54) is 26.9 Å². The molecule has 3 heterocycles. The molecule has 0 saturated carbocycles. The van der Waals surface area contributed by atoms with Crippen LogP contribution < -0.4 is 0 Å². The number of para-hydroxylation sites is 4. The first-order valence-electron chi connectivity index (χ1n) is 16.2. The number of rotatable bonds is 2. The molecular formula is C44H24N2O2. The normalized spacial score (nSPS) is 12.2. The van der Waals surface area contributed by atoms with Crippen molar-refractivity contribution >= 4 is 87.2 Å². The van der Waals surface area contributed by atoms with Crippen molar-refractivity contribution < 1.29 is 8.83 Å². The zero-order valence-electron chi connectivity index (χ0n) is 25.6. The number of hydrogen-bond donors (Lipinski definition) is 0. The van der Waals surface area contributed by atoms with Gasteiger partial charge in [0.25, 0.3) is 0 Å². The fourth-order valence-corrected chi connectivity index (χ4v) is 7.62. The lowest BCUT2D eigenvalue weighted by atomic mass is 9.93. The third kappa shape index (κ3) is 3.60. The summed E-state index contributed by atoms with van der Waals surface area (Å²) in [5.74, 6) is 0. The smallest absolute Gasteiger partial charge is 0.136 e. The summed E-state index contributed by atoms with van der Waals surface area (Å²) in [5.41, 5.74) is 8.92. The number of nitrogens with zero attached hydrogens (tertiary/aromatic N) is 2. The fourth-order valence-electron chi connectivity index (χ4n) is 7.62. The van der Waals surface area contributed by atoms with Crippen molar-refractivity contribution in [2.45, 2.75) is 0 Å². The van der Waals surface area contributed by atoms with E-state index in [1.54, 1.807) is 0 Å². The van der Waals surface area contributed by atoms with Crippen LogP contribution in [0, 0.1) is 0 Å². The Bertz CT molecular complexity index is 3130. The molecule has 0 radical (unpaired) electrons. The standard InChI is InChI=1S/C44H24N2O2/c1-5-11-37-30(7-1)31-19-17-28(24-40(31)48-37)44-43(45-35-9-3-4-10-36(35)46-44)27-16-18-29-26(23-27)14-13-25-15-20-33-32(41(25)29)21-22-39-42(33)34-8-2-6-12-38(34)47-39/h1-24H. The van der Waals surface area contributed by atoms with E-state index >= 15 is 0 Å². The number of aromatic nitrogens is 2. The first-order valence-corrected chi connectivity index (χ1v) is 16.2. The van der Waals surface area contributed by atoms with Gasteiger partial charge in [-0.1, -0.05) is 91.0 Å². The summed E-state index contributed by atoms with van der Waals surface area (Å²) in [6.07, 6.45) is 0. The van der Waals surface area contributed by atoms with Crippen molar-refractivity contribution in [2.24, 2.45) is 0 Å². The highest BCUT2D eigenvalue weighted by atomic mass is 16.3. The molecule has 0 N–H and O–H groups in total. The molecule has 0 spiro atoms. The fraction of sp³-hybridized carbons (Fsp3) is 0. The minimum absolute atomic E-state index is 0.830. The summed E-state index contributed by atoms with van der Waals surface area (Å²) in [4.78, 5) is 10.4. The van der Waals surface area contributed by atoms with Crippen LogP contribution in [0.15, 0.2) is 154 Å². The molecule has 0 aliphatic rings. The van der Waals surface area contributed by atoms with Crippen LogP contribution in [0.3, 0.4) is 0 Å². The molecule has 0 fully saturated rings. The van der Waals surface area contributed by atoms with Crippen molar-refractivity contribution in [1.82, 2.24) is 9.97 Å². The van der Waals surface area contributed by atoms with Gasteiger partial charge in [-0.3, -0.25) is 0 Å². The van der Waals surface area contributed by atoms with Gasteiger partial charge in [-0.05, 0) is 86.9 Å². The molecule has 3 aromatic heterocycles. The predicted molar refractivity (Wildman–Crippen MR) is 197 cm³/mol. The first-order chi connectivity index (χ1) is 23.8. The van der Waals surface area contributed by atoms with Gasteiger partial charge in [0.2, 0.25) is 0 Å². The summed E-state index contributed by atoms with van der Waals surface area (Å²) in [6.45, 7) is 0. The highest BCUT2D eigenvalue weighted by Crippen LogP contribution is 2.41. The van der Waals surface area contributed by atoms with Gasteiger partial charge in [0, 0.05) is 32.7 Å². The van der Waals surface area contributed by atoms with Crippen LogP contribution in [0.2, 0.25) is 0 Å². The molecule has 4 heteroatoms. The van der Waals surface area contributed by atoms with Crippen LogP contribution in [-0.4, -0.2) is 9.97 Å². The molecular weight excluding hydrogens is 588 g/mol. The van der Waals surface area contributed by atoms with Gasteiger partial charge in [0.1, 0.15) is 22.3 Å². The Morgan fingerprint density at radius 1 is 0.333 bits per heavy atom. The monoisotopic (exact) mass is 612 g/mol. The zero-order chi connectivity index (χ0) is 31.3. The topological polar surface area (TPSA) is 52.1 Å². The average Bonchev–Trinajstić information content (AvgIpc) is 3.72. The summed E-state index contributed by atoms with van der Waals surface area (Å²) in [7, 11) is 0. The largest absolute Gasteiger partial charge is 0.456 e. The van der Waals surface area contributed by atoms with E-state index in [4.69, 9.17) is 18.8 Å². The Balaban J connectivity index is 1.15. The van der Waals surface area contributed by atoms with Crippen LogP contribution in [0.4, 0.5) is 0 Å². The van der Waals surface area contributed by atoms with Crippen LogP contribution >= 0.6 is 0 Å². The van der Waals surface area contributed by atoms with E-state index in [1.807, 2.05) is 54.6 Å². The highest BCUT2D eigenvalue weighted by molar-refractivity contribution is 6.28. The highest BCUT2D eigenvalue weighted by Gasteiger charge is 2.18. The molecule has 0 unspecified atom stereocenters. The second kappa shape index (κ2) is 9.50. The molecule has 48 heavy (non-hydrogen) atoms. The molecule has 0 aliphatic carbocycles. The van der Waals surface area contributed by atoms with Crippen LogP contribution in [0.5, 0.6) is 0 Å². The SMILES string of the molecule is c1ccc2nc(-c3ccc4c(c3)oc3ccccc34)c(-c3ccc4c(ccc5ccc6c(ccc7oc8ccccc8c76)c54)c3)nc2c1. The minimum Gasteiger partial charge on any atom is -0.456 e. The molecule has 0 aliphatic heterocycles. The van der Waals surface area contributed by atoms with E-state index in [2.05, 4.69) is 91.0 Å². The summed E-state index contributed by atoms with van der Waals surface area (Å²) < 4.78 is 12.5. The van der Waals surface area contributed by atoms with E-state index in [9.17, 15) is 0 Å². The maximum atomic E-state index is 6.27. The first kappa shape index (κ1) is 25.6. The van der Waals surface area contributed by atoms with Gasteiger partial charge in [0.05, 0.1) is 22.4 Å². The second-order valence-corrected chi connectivity index (χ2v) is 12.5. The Morgan fingerprint density at radius 3 is 1.69 bits per heavy atom. The molecule has 222 valence electrons. The van der Waals surface area contributed by atoms with E-state index < -0.39 is 0 Å². The molecule has 11 aromatic rings. The van der Waals surface area contributed by atoms with Crippen molar-refractivity contribution in [1.29, 1.82) is 0 Å². The van der Waals surface area contributed by atoms with Gasteiger partial charge in [-0.15, -0.1) is 0 Å². The molecule has 0 amide bonds. The van der Waals surface area contributed by atoms with Crippen LogP contribution in [0.25, 0.3) is 110 Å². The Labute approximate surface area is 273 Å². The number of hydrogen-bond acceptors (Lipinski definition) is 4. The summed E-state index contributed by atoms with van der Waals surface area (Å²) in [6, 6.07) is 50.8. The molecule has 11 rings (SSSR count). The second-order valence-electron chi connectivity index (χ2n) is 12.5. The van der Waals surface area contributed by atoms with Crippen LogP contribution in [0.1, 0.15) is 0 Å². The number of furan rings is 2.